The third-order valence-corrected chi connectivity index (χ3v) is 10.1. The molecule has 2 aliphatic carbocycles. The molecule has 3 fully saturated rings. The van der Waals surface area contributed by atoms with Gasteiger partial charge in [0.2, 0.25) is 0 Å². The van der Waals surface area contributed by atoms with E-state index in [2.05, 4.69) is 37.9 Å². The highest BCUT2D eigenvalue weighted by molar-refractivity contribution is 6.39. The largest absolute Gasteiger partial charge is 0.513 e. The molecule has 1 saturated heterocycles. The summed E-state index contributed by atoms with van der Waals surface area (Å²) in [6.07, 6.45) is 10.2. The number of nitrogens with two attached hydrogens (primary N) is 3. The number of carbonyl (C=O) groups is 2. The normalized spacial score (nSPS) is 19.1. The zero-order valence-corrected chi connectivity index (χ0v) is 31.0. The molecule has 1 aromatic heterocycles. The van der Waals surface area contributed by atoms with Gasteiger partial charge in [-0.15, -0.1) is 0 Å². The van der Waals surface area contributed by atoms with Crippen molar-refractivity contribution in [2.75, 3.05) is 44.4 Å². The smallest absolute Gasteiger partial charge is 0.250 e. The predicted octanol–water partition coefficient (Wildman–Crippen LogP) is 3.16. The lowest BCUT2D eigenvalue weighted by molar-refractivity contribution is -0.118. The van der Waals surface area contributed by atoms with Gasteiger partial charge < -0.3 is 42.7 Å². The lowest BCUT2D eigenvalue weighted by Crippen LogP contribution is -2.59. The SMILES string of the molecule is CN.CNC1CC1.[B]C([B])(c1cccc(C=O)c1)N1CC(n2ncc3c2C(CC)N(C)c2c(NC(=C/C(N)=NC(=O)C4CC4)/C(N)=C\O)cccc2-3)C1. The Morgan fingerprint density at radius 2 is 1.79 bits per heavy atom. The van der Waals surface area contributed by atoms with Gasteiger partial charge in [0.1, 0.15) is 18.4 Å². The Balaban J connectivity index is 0.000000704. The monoisotopic (exact) mass is 716 g/mol. The summed E-state index contributed by atoms with van der Waals surface area (Å²) in [4.78, 5) is 31.7. The molecule has 53 heavy (non-hydrogen) atoms. The lowest BCUT2D eigenvalue weighted by atomic mass is 9.55. The number of nitrogens with zero attached hydrogens (tertiary/aromatic N) is 5. The quantitative estimate of drug-likeness (QED) is 0.0427. The molecule has 276 valence electrons. The van der Waals surface area contributed by atoms with Gasteiger partial charge in [-0.2, -0.15) is 10.1 Å². The van der Waals surface area contributed by atoms with E-state index in [-0.39, 0.29) is 35.4 Å². The summed E-state index contributed by atoms with van der Waals surface area (Å²) in [7, 11) is 18.7. The van der Waals surface area contributed by atoms with Crippen LogP contribution in [0, 0.1) is 5.92 Å². The average Bonchev–Trinajstić information content (AvgIpc) is 4.09. The Morgan fingerprint density at radius 3 is 2.38 bits per heavy atom. The van der Waals surface area contributed by atoms with E-state index in [1.165, 1.54) is 26.0 Å². The maximum atomic E-state index is 12.2. The van der Waals surface area contributed by atoms with Gasteiger partial charge in [0, 0.05) is 54.9 Å². The first-order valence-electron chi connectivity index (χ1n) is 18.0. The minimum atomic E-state index is -1.23. The van der Waals surface area contributed by atoms with E-state index in [9.17, 15) is 14.7 Å². The van der Waals surface area contributed by atoms with E-state index in [0.717, 1.165) is 66.0 Å². The highest BCUT2D eigenvalue weighted by Crippen LogP contribution is 2.50. The number of benzene rings is 2. The van der Waals surface area contributed by atoms with Gasteiger partial charge in [-0.3, -0.25) is 14.3 Å². The van der Waals surface area contributed by atoms with Gasteiger partial charge in [-0.05, 0) is 69.2 Å². The Bertz CT molecular complexity index is 1880. The molecule has 13 nitrogen and oxygen atoms in total. The molecule has 3 heterocycles. The minimum absolute atomic E-state index is 0.00214. The number of hydrogen-bond donors (Lipinski definition) is 6. The number of aliphatic hydroxyl groups is 1. The van der Waals surface area contributed by atoms with Crippen LogP contribution in [-0.4, -0.2) is 93.8 Å². The number of aromatic nitrogens is 2. The molecule has 1 unspecified atom stereocenters. The second kappa shape index (κ2) is 16.9. The third-order valence-electron chi connectivity index (χ3n) is 10.1. The molecule has 2 aromatic carbocycles. The number of hydrogen-bond acceptors (Lipinski definition) is 10. The number of amides is 1. The average molecular weight is 717 g/mol. The van der Waals surface area contributed by atoms with Crippen molar-refractivity contribution in [3.05, 3.63) is 89.2 Å². The summed E-state index contributed by atoms with van der Waals surface area (Å²) in [5.41, 5.74) is 23.0. The zero-order chi connectivity index (χ0) is 38.4. The Labute approximate surface area is 314 Å². The van der Waals surface area contributed by atoms with Crippen LogP contribution in [0.25, 0.3) is 11.1 Å². The van der Waals surface area contributed by atoms with Crippen molar-refractivity contribution in [3.8, 4) is 11.1 Å². The fourth-order valence-corrected chi connectivity index (χ4v) is 6.71. The zero-order valence-electron chi connectivity index (χ0n) is 31.0. The Kier molecular flexibility index (Phi) is 12.5. The fraction of sp³-hybridized carbons (Fsp3) is 0.421. The van der Waals surface area contributed by atoms with Crippen LogP contribution in [0.3, 0.4) is 0 Å². The van der Waals surface area contributed by atoms with Crippen LogP contribution in [0.2, 0.25) is 0 Å². The number of nitrogens with one attached hydrogen (secondary N) is 2. The number of amidine groups is 1. The number of aldehydes is 1. The summed E-state index contributed by atoms with van der Waals surface area (Å²) in [6, 6.07) is 13.9. The highest BCUT2D eigenvalue weighted by Gasteiger charge is 2.42. The van der Waals surface area contributed by atoms with Gasteiger partial charge in [0.05, 0.1) is 62.4 Å². The number of carbonyl (C=O) groups excluding carboxylic acids is 2. The first-order valence-corrected chi connectivity index (χ1v) is 18.0. The van der Waals surface area contributed by atoms with Crippen molar-refractivity contribution in [2.45, 2.75) is 62.5 Å². The number of likely N-dealkylation sites (tertiary alicyclic amines) is 1. The van der Waals surface area contributed by atoms with Gasteiger partial charge in [0.25, 0.3) is 5.91 Å². The third kappa shape index (κ3) is 8.53. The van der Waals surface area contributed by atoms with E-state index in [4.69, 9.17) is 32.3 Å². The molecule has 4 aliphatic rings. The molecule has 1 atom stereocenters. The standard InChI is InChI=1S/C33H36B2N8O3.C4H9N.CH5N/c1-3-28-31-24(14-38-43(31)22-15-42(16-22)33(34,35)21-7-4-6-19(12-21)17-44)23-8-5-9-26(30(23)41(28)2)39-27(25(36)18-45)13-29(37)40-32(46)20-10-11-20;1-5-4-2-3-4;1-2/h4-9,12-14,17-18,20,22,28,39,45H,3,10-11,15-16,36H2,1-2H3,(H2,37,40,46);4-5H,2-3H2,1H3;2H2,1H3/b25-18+,27-13+;;. The molecule has 9 N–H and O–H groups in total. The van der Waals surface area contributed by atoms with E-state index in [1.54, 1.807) is 18.2 Å². The number of para-hydroxylation sites is 1. The number of aliphatic hydroxyl groups excluding tert-OH is 1. The molecule has 2 saturated carbocycles. The van der Waals surface area contributed by atoms with Crippen LogP contribution in [0.5, 0.6) is 0 Å². The van der Waals surface area contributed by atoms with Crippen LogP contribution < -0.4 is 32.7 Å². The van der Waals surface area contributed by atoms with Crippen molar-refractivity contribution >= 4 is 45.1 Å². The molecular weight excluding hydrogens is 666 g/mol. The van der Waals surface area contributed by atoms with Crippen molar-refractivity contribution < 1.29 is 14.7 Å². The van der Waals surface area contributed by atoms with Crippen molar-refractivity contribution in [2.24, 2.45) is 28.1 Å². The first-order chi connectivity index (χ1) is 25.5. The second-order valence-corrected chi connectivity index (χ2v) is 13.7. The highest BCUT2D eigenvalue weighted by atomic mass is 16.2. The molecule has 0 spiro atoms. The number of aliphatic imine (C=N–C) groups is 1. The van der Waals surface area contributed by atoms with Crippen LogP contribution in [0.4, 0.5) is 11.4 Å². The minimum Gasteiger partial charge on any atom is -0.513 e. The molecule has 3 aromatic rings. The van der Waals surface area contributed by atoms with E-state index < -0.39 is 5.34 Å². The maximum absolute atomic E-state index is 12.2. The summed E-state index contributed by atoms with van der Waals surface area (Å²) in [6.45, 7) is 3.31. The van der Waals surface area contributed by atoms with Gasteiger partial charge in [0.15, 0.2) is 0 Å². The molecule has 15 heteroatoms. The summed E-state index contributed by atoms with van der Waals surface area (Å²) in [5, 5.41) is 19.8. The van der Waals surface area contributed by atoms with E-state index in [0.29, 0.717) is 29.9 Å². The Morgan fingerprint density at radius 1 is 1.09 bits per heavy atom. The van der Waals surface area contributed by atoms with Crippen LogP contribution in [0.15, 0.2) is 77.4 Å². The molecule has 7 rings (SSSR count). The first kappa shape index (κ1) is 39.4. The summed E-state index contributed by atoms with van der Waals surface area (Å²) in [5.74, 6) is -0.318. The number of fused-ring (bicyclic) bond motifs is 3. The van der Waals surface area contributed by atoms with Crippen LogP contribution in [-0.2, 0) is 10.1 Å². The number of rotatable bonds is 11. The van der Waals surface area contributed by atoms with Gasteiger partial charge in [-0.25, -0.2) is 0 Å². The van der Waals surface area contributed by atoms with Crippen molar-refractivity contribution in [3.63, 3.8) is 0 Å². The van der Waals surface area contributed by atoms with Crippen LogP contribution >= 0.6 is 0 Å². The molecular formula is C38H50B2N10O3. The molecule has 2 aliphatic heterocycles. The summed E-state index contributed by atoms with van der Waals surface area (Å²) < 4.78 is 2.09. The fourth-order valence-electron chi connectivity index (χ4n) is 6.71. The van der Waals surface area contributed by atoms with Gasteiger partial charge in [-0.1, -0.05) is 37.3 Å². The molecule has 0 bridgehead atoms. The molecule has 1 amide bonds. The van der Waals surface area contributed by atoms with E-state index >= 15 is 0 Å². The van der Waals surface area contributed by atoms with Crippen molar-refractivity contribution in [1.82, 2.24) is 20.0 Å². The van der Waals surface area contributed by atoms with Crippen molar-refractivity contribution in [1.29, 1.82) is 0 Å². The summed E-state index contributed by atoms with van der Waals surface area (Å²) >= 11 is 0. The second-order valence-electron chi connectivity index (χ2n) is 13.7. The van der Waals surface area contributed by atoms with E-state index in [1.807, 2.05) is 49.5 Å². The Hall–Kier alpha value is -4.85. The lowest BCUT2D eigenvalue weighted by Gasteiger charge is -2.51. The predicted molar refractivity (Wildman–Crippen MR) is 213 cm³/mol. The van der Waals surface area contributed by atoms with Crippen LogP contribution in [0.1, 0.15) is 72.7 Å². The maximum Gasteiger partial charge on any atom is 0.250 e. The molecule has 4 radical (unpaired) electrons. The number of anilines is 2. The van der Waals surface area contributed by atoms with Gasteiger partial charge >= 0.3 is 0 Å². The topological polar surface area (TPSA) is 193 Å².